The van der Waals surface area contributed by atoms with E-state index in [9.17, 15) is 26.8 Å². The molecule has 1 aliphatic heterocycles. The Labute approximate surface area is 186 Å². The van der Waals surface area contributed by atoms with Crippen molar-refractivity contribution < 1.29 is 41.0 Å². The third kappa shape index (κ3) is 7.81. The van der Waals surface area contributed by atoms with E-state index in [4.69, 9.17) is 9.47 Å². The summed E-state index contributed by atoms with van der Waals surface area (Å²) in [6.07, 6.45) is -0.324. The van der Waals surface area contributed by atoms with Gasteiger partial charge in [0.1, 0.15) is 11.7 Å². The number of likely N-dealkylation sites (tertiary alicyclic amines) is 1. The van der Waals surface area contributed by atoms with Crippen molar-refractivity contribution in [1.29, 1.82) is 0 Å². The molecule has 1 aromatic rings. The molecule has 12 heteroatoms. The highest BCUT2D eigenvalue weighted by atomic mass is 32.2. The molecule has 0 atom stereocenters. The zero-order chi connectivity index (χ0) is 24.1. The number of hydrogen-bond donors (Lipinski definition) is 1. The molecule has 1 saturated heterocycles. The van der Waals surface area contributed by atoms with Crippen molar-refractivity contribution >= 4 is 27.8 Å². The smallest absolute Gasteiger partial charge is 0.410 e. The Hall–Kier alpha value is -2.63. The fourth-order valence-corrected chi connectivity index (χ4v) is 3.90. The van der Waals surface area contributed by atoms with Crippen LogP contribution in [0.2, 0.25) is 0 Å². The van der Waals surface area contributed by atoms with Gasteiger partial charge in [-0.25, -0.2) is 22.0 Å². The number of amides is 1. The molecule has 1 aromatic carbocycles. The maximum absolute atomic E-state index is 14.4. The first kappa shape index (κ1) is 25.6. The third-order valence-electron chi connectivity index (χ3n) is 4.26. The summed E-state index contributed by atoms with van der Waals surface area (Å²) in [7, 11) is -4.21. The van der Waals surface area contributed by atoms with Gasteiger partial charge in [0.2, 0.25) is 10.0 Å². The van der Waals surface area contributed by atoms with E-state index in [1.165, 1.54) is 11.8 Å². The fourth-order valence-electron chi connectivity index (χ4n) is 2.95. The average Bonchev–Trinajstić information content (AvgIpc) is 2.63. The van der Waals surface area contributed by atoms with Gasteiger partial charge >= 0.3 is 12.1 Å². The molecule has 1 aliphatic rings. The first-order chi connectivity index (χ1) is 14.8. The highest BCUT2D eigenvalue weighted by Crippen LogP contribution is 2.29. The minimum Gasteiger partial charge on any atom is -0.484 e. The predicted molar refractivity (Wildman–Crippen MR) is 112 cm³/mol. The summed E-state index contributed by atoms with van der Waals surface area (Å²) < 4.78 is 70.0. The second-order valence-corrected chi connectivity index (χ2v) is 9.94. The SMILES string of the molecule is CCOC(=O)CS(=O)(=O)Nc1cc(F)c(OC2CCN(C(=O)OC(C)(C)C)CC2)c(F)c1. The number of carbonyl (C=O) groups excluding carboxylic acids is 2. The minimum absolute atomic E-state index is 0.000343. The second kappa shape index (κ2) is 10.3. The molecule has 2 rings (SSSR count). The van der Waals surface area contributed by atoms with Gasteiger partial charge in [0.05, 0.1) is 12.3 Å². The molecule has 9 nitrogen and oxygen atoms in total. The number of hydrogen-bond acceptors (Lipinski definition) is 7. The maximum Gasteiger partial charge on any atom is 0.410 e. The van der Waals surface area contributed by atoms with Crippen molar-refractivity contribution in [3.63, 3.8) is 0 Å². The molecule has 1 fully saturated rings. The highest BCUT2D eigenvalue weighted by Gasteiger charge is 2.29. The van der Waals surface area contributed by atoms with E-state index >= 15 is 0 Å². The number of nitrogens with one attached hydrogen (secondary N) is 1. The number of sulfonamides is 1. The van der Waals surface area contributed by atoms with Crippen LogP contribution in [0.15, 0.2) is 12.1 Å². The van der Waals surface area contributed by atoms with Crippen LogP contribution in [-0.4, -0.2) is 62.5 Å². The normalized spacial score (nSPS) is 15.2. The van der Waals surface area contributed by atoms with Crippen molar-refractivity contribution in [3.8, 4) is 5.75 Å². The van der Waals surface area contributed by atoms with Gasteiger partial charge in [-0.15, -0.1) is 0 Å². The molecule has 0 radical (unpaired) electrons. The first-order valence-corrected chi connectivity index (χ1v) is 11.7. The number of esters is 1. The van der Waals surface area contributed by atoms with E-state index in [-0.39, 0.29) is 6.61 Å². The van der Waals surface area contributed by atoms with Gasteiger partial charge in [-0.2, -0.15) is 0 Å². The van der Waals surface area contributed by atoms with E-state index < -0.39 is 62.6 Å². The van der Waals surface area contributed by atoms with Gasteiger partial charge < -0.3 is 19.1 Å². The van der Waals surface area contributed by atoms with Gasteiger partial charge in [0.15, 0.2) is 23.1 Å². The lowest BCUT2D eigenvalue weighted by atomic mass is 10.1. The molecule has 0 bridgehead atoms. The van der Waals surface area contributed by atoms with E-state index in [2.05, 4.69) is 4.74 Å². The Morgan fingerprint density at radius 3 is 2.22 bits per heavy atom. The summed E-state index contributed by atoms with van der Waals surface area (Å²) >= 11 is 0. The van der Waals surface area contributed by atoms with E-state index in [1.54, 1.807) is 20.8 Å². The van der Waals surface area contributed by atoms with E-state index in [1.807, 2.05) is 4.72 Å². The molecule has 180 valence electrons. The summed E-state index contributed by atoms with van der Waals surface area (Å²) in [6.45, 7) is 7.39. The van der Waals surface area contributed by atoms with Gasteiger partial charge in [0, 0.05) is 38.1 Å². The average molecular weight is 479 g/mol. The van der Waals surface area contributed by atoms with Gasteiger partial charge in [-0.05, 0) is 27.7 Å². The zero-order valence-electron chi connectivity index (χ0n) is 18.4. The Balaban J connectivity index is 1.98. The van der Waals surface area contributed by atoms with Gasteiger partial charge in [-0.3, -0.25) is 9.52 Å². The van der Waals surface area contributed by atoms with Crippen LogP contribution < -0.4 is 9.46 Å². The highest BCUT2D eigenvalue weighted by molar-refractivity contribution is 7.93. The second-order valence-electron chi connectivity index (χ2n) is 8.22. The monoisotopic (exact) mass is 478 g/mol. The Morgan fingerprint density at radius 2 is 1.72 bits per heavy atom. The number of anilines is 1. The summed E-state index contributed by atoms with van der Waals surface area (Å²) in [5, 5.41) is 0. The van der Waals surface area contributed by atoms with Crippen LogP contribution in [-0.2, 0) is 24.3 Å². The molecule has 1 amide bonds. The van der Waals surface area contributed by atoms with Crippen molar-refractivity contribution in [2.45, 2.75) is 52.2 Å². The van der Waals surface area contributed by atoms with Crippen LogP contribution in [0, 0.1) is 11.6 Å². The number of piperidine rings is 1. The zero-order valence-corrected chi connectivity index (χ0v) is 19.3. The minimum atomic E-state index is -4.21. The standard InChI is InChI=1S/C20H28F2N2O7S/c1-5-29-17(25)12-32(27,28)23-13-10-15(21)18(16(22)11-13)30-14-6-8-24(9-7-14)19(26)31-20(2,3)4/h10-11,14,23H,5-9,12H2,1-4H3. The summed E-state index contributed by atoms with van der Waals surface area (Å²) in [5.74, 6) is -4.83. The topological polar surface area (TPSA) is 111 Å². The Morgan fingerprint density at radius 1 is 1.16 bits per heavy atom. The predicted octanol–water partition coefficient (Wildman–Crippen LogP) is 3.05. The maximum atomic E-state index is 14.4. The lowest BCUT2D eigenvalue weighted by molar-refractivity contribution is -0.139. The Bertz CT molecular complexity index is 917. The summed E-state index contributed by atoms with van der Waals surface area (Å²) in [4.78, 5) is 24.9. The molecular weight excluding hydrogens is 450 g/mol. The molecule has 32 heavy (non-hydrogen) atoms. The van der Waals surface area contributed by atoms with Gasteiger partial charge in [0.25, 0.3) is 0 Å². The largest absolute Gasteiger partial charge is 0.484 e. The van der Waals surface area contributed by atoms with Crippen molar-refractivity contribution in [3.05, 3.63) is 23.8 Å². The van der Waals surface area contributed by atoms with Crippen LogP contribution in [0.25, 0.3) is 0 Å². The van der Waals surface area contributed by atoms with Crippen LogP contribution in [0.3, 0.4) is 0 Å². The molecule has 0 spiro atoms. The van der Waals surface area contributed by atoms with Crippen LogP contribution in [0.1, 0.15) is 40.5 Å². The van der Waals surface area contributed by atoms with Crippen LogP contribution in [0.4, 0.5) is 19.3 Å². The molecule has 0 aromatic heterocycles. The number of rotatable bonds is 7. The molecule has 1 N–H and O–H groups in total. The first-order valence-electron chi connectivity index (χ1n) is 10.1. The number of benzene rings is 1. The lowest BCUT2D eigenvalue weighted by Crippen LogP contribution is -2.44. The molecule has 0 unspecified atom stereocenters. The van der Waals surface area contributed by atoms with E-state index in [0.717, 1.165) is 12.1 Å². The molecule has 0 aliphatic carbocycles. The molecule has 0 saturated carbocycles. The summed E-state index contributed by atoms with van der Waals surface area (Å²) in [5.41, 5.74) is -1.02. The van der Waals surface area contributed by atoms with Crippen molar-refractivity contribution in [1.82, 2.24) is 4.90 Å². The van der Waals surface area contributed by atoms with Crippen molar-refractivity contribution in [2.75, 3.05) is 30.2 Å². The number of nitrogens with zero attached hydrogens (tertiary/aromatic N) is 1. The number of carbonyl (C=O) groups is 2. The van der Waals surface area contributed by atoms with E-state index in [0.29, 0.717) is 25.9 Å². The lowest BCUT2D eigenvalue weighted by Gasteiger charge is -2.33. The fraction of sp³-hybridized carbons (Fsp3) is 0.600. The molecular formula is C20H28F2N2O7S. The third-order valence-corrected chi connectivity index (χ3v) is 5.43. The quantitative estimate of drug-likeness (QED) is 0.600. The molecule has 1 heterocycles. The summed E-state index contributed by atoms with van der Waals surface area (Å²) in [6, 6.07) is 1.52. The van der Waals surface area contributed by atoms with Crippen LogP contribution in [0.5, 0.6) is 5.75 Å². The number of ether oxygens (including phenoxy) is 3. The number of halogens is 2. The Kier molecular flexibility index (Phi) is 8.27. The van der Waals surface area contributed by atoms with Crippen molar-refractivity contribution in [2.24, 2.45) is 0 Å². The van der Waals surface area contributed by atoms with Gasteiger partial charge in [-0.1, -0.05) is 0 Å². The van der Waals surface area contributed by atoms with Crippen LogP contribution >= 0.6 is 0 Å².